The summed E-state index contributed by atoms with van der Waals surface area (Å²) in [7, 11) is 0. The van der Waals surface area contributed by atoms with Crippen LogP contribution in [0.25, 0.3) is 0 Å². The van der Waals surface area contributed by atoms with Crippen LogP contribution in [0.5, 0.6) is 0 Å². The van der Waals surface area contributed by atoms with Gasteiger partial charge in [-0.3, -0.25) is 4.68 Å². The molecule has 2 aliphatic rings. The summed E-state index contributed by atoms with van der Waals surface area (Å²) in [6.45, 7) is 3.24. The first kappa shape index (κ1) is 13.2. The SMILES string of the molecule is CCC1(NCc2ccn(C3CCCCC3)n2)CCC1. The summed E-state index contributed by atoms with van der Waals surface area (Å²) < 4.78 is 2.22. The van der Waals surface area contributed by atoms with E-state index in [9.17, 15) is 0 Å². The van der Waals surface area contributed by atoms with Crippen LogP contribution in [0.15, 0.2) is 12.3 Å². The van der Waals surface area contributed by atoms with Gasteiger partial charge in [0.1, 0.15) is 0 Å². The van der Waals surface area contributed by atoms with E-state index >= 15 is 0 Å². The fraction of sp³-hybridized carbons (Fsp3) is 0.812. The van der Waals surface area contributed by atoms with Gasteiger partial charge in [0.15, 0.2) is 0 Å². The molecule has 2 fully saturated rings. The van der Waals surface area contributed by atoms with Crippen LogP contribution >= 0.6 is 0 Å². The van der Waals surface area contributed by atoms with Crippen molar-refractivity contribution in [3.8, 4) is 0 Å². The summed E-state index contributed by atoms with van der Waals surface area (Å²) in [5, 5.41) is 8.52. The third-order valence-electron chi connectivity index (χ3n) is 5.24. The molecule has 1 N–H and O–H groups in total. The maximum absolute atomic E-state index is 4.78. The minimum atomic E-state index is 0.425. The number of hydrogen-bond donors (Lipinski definition) is 1. The van der Waals surface area contributed by atoms with Crippen molar-refractivity contribution in [1.82, 2.24) is 15.1 Å². The molecule has 0 unspecified atom stereocenters. The Hall–Kier alpha value is -0.830. The van der Waals surface area contributed by atoms with Crippen molar-refractivity contribution in [2.75, 3.05) is 0 Å². The van der Waals surface area contributed by atoms with Crippen molar-refractivity contribution in [2.45, 2.75) is 82.8 Å². The van der Waals surface area contributed by atoms with E-state index in [1.807, 2.05) is 0 Å². The first-order valence-electron chi connectivity index (χ1n) is 8.10. The molecular formula is C16H27N3. The zero-order valence-corrected chi connectivity index (χ0v) is 12.2. The third-order valence-corrected chi connectivity index (χ3v) is 5.24. The van der Waals surface area contributed by atoms with E-state index in [1.165, 1.54) is 63.5 Å². The minimum Gasteiger partial charge on any atom is -0.306 e. The van der Waals surface area contributed by atoms with Gasteiger partial charge in [-0.2, -0.15) is 5.10 Å². The van der Waals surface area contributed by atoms with Crippen molar-refractivity contribution in [2.24, 2.45) is 0 Å². The van der Waals surface area contributed by atoms with Crippen LogP contribution in [0.1, 0.15) is 76.4 Å². The molecule has 1 heterocycles. The van der Waals surface area contributed by atoms with Gasteiger partial charge in [0.05, 0.1) is 11.7 Å². The third kappa shape index (κ3) is 2.86. The number of hydrogen-bond acceptors (Lipinski definition) is 2. The first-order chi connectivity index (χ1) is 9.31. The zero-order valence-electron chi connectivity index (χ0n) is 12.2. The smallest absolute Gasteiger partial charge is 0.0762 e. The van der Waals surface area contributed by atoms with E-state index in [-0.39, 0.29) is 0 Å². The highest BCUT2D eigenvalue weighted by Gasteiger charge is 2.34. The monoisotopic (exact) mass is 261 g/mol. The van der Waals surface area contributed by atoms with E-state index in [2.05, 4.69) is 29.2 Å². The molecular weight excluding hydrogens is 234 g/mol. The number of nitrogens with one attached hydrogen (secondary N) is 1. The molecule has 0 aliphatic heterocycles. The maximum Gasteiger partial charge on any atom is 0.0762 e. The average molecular weight is 261 g/mol. The molecule has 0 saturated heterocycles. The molecule has 0 amide bonds. The molecule has 1 aromatic rings. The summed E-state index contributed by atoms with van der Waals surface area (Å²) in [5.41, 5.74) is 1.64. The largest absolute Gasteiger partial charge is 0.306 e. The van der Waals surface area contributed by atoms with Crippen LogP contribution < -0.4 is 5.32 Å². The maximum atomic E-state index is 4.78. The van der Waals surface area contributed by atoms with E-state index in [1.54, 1.807) is 0 Å². The normalized spacial score (nSPS) is 23.2. The Kier molecular flexibility index (Phi) is 3.92. The van der Waals surface area contributed by atoms with Crippen molar-refractivity contribution in [3.63, 3.8) is 0 Å². The van der Waals surface area contributed by atoms with Gasteiger partial charge in [0, 0.05) is 18.3 Å². The van der Waals surface area contributed by atoms with E-state index in [0.717, 1.165) is 6.54 Å². The second-order valence-corrected chi connectivity index (χ2v) is 6.42. The van der Waals surface area contributed by atoms with E-state index in [0.29, 0.717) is 11.6 Å². The molecule has 0 aromatic carbocycles. The Morgan fingerprint density at radius 3 is 2.68 bits per heavy atom. The first-order valence-corrected chi connectivity index (χ1v) is 8.10. The van der Waals surface area contributed by atoms with E-state index in [4.69, 9.17) is 5.10 Å². The Balaban J connectivity index is 1.55. The van der Waals surface area contributed by atoms with Gasteiger partial charge in [-0.25, -0.2) is 0 Å². The second-order valence-electron chi connectivity index (χ2n) is 6.42. The van der Waals surface area contributed by atoms with Crippen LogP contribution in [0.2, 0.25) is 0 Å². The Bertz CT molecular complexity index is 394. The van der Waals surface area contributed by atoms with Gasteiger partial charge in [0.25, 0.3) is 0 Å². The lowest BCUT2D eigenvalue weighted by atomic mass is 9.75. The standard InChI is InChI=1S/C16H27N3/c1-2-16(10-6-11-16)17-13-14-9-12-19(18-14)15-7-4-3-5-8-15/h9,12,15,17H,2-8,10-11,13H2,1H3. The minimum absolute atomic E-state index is 0.425. The van der Waals surface area contributed by atoms with Crippen LogP contribution in [0.3, 0.4) is 0 Å². The molecule has 2 saturated carbocycles. The van der Waals surface area contributed by atoms with Gasteiger partial charge < -0.3 is 5.32 Å². The summed E-state index contributed by atoms with van der Waals surface area (Å²) in [5.74, 6) is 0. The van der Waals surface area contributed by atoms with Crippen molar-refractivity contribution < 1.29 is 0 Å². The lowest BCUT2D eigenvalue weighted by Gasteiger charge is -2.42. The van der Waals surface area contributed by atoms with Gasteiger partial charge >= 0.3 is 0 Å². The summed E-state index contributed by atoms with van der Waals surface area (Å²) in [4.78, 5) is 0. The molecule has 3 heteroatoms. The van der Waals surface area contributed by atoms with Gasteiger partial charge in [-0.1, -0.05) is 26.2 Å². The van der Waals surface area contributed by atoms with Crippen LogP contribution in [-0.4, -0.2) is 15.3 Å². The van der Waals surface area contributed by atoms with Crippen LogP contribution in [0.4, 0.5) is 0 Å². The van der Waals surface area contributed by atoms with E-state index < -0.39 is 0 Å². The van der Waals surface area contributed by atoms with Crippen molar-refractivity contribution in [3.05, 3.63) is 18.0 Å². The van der Waals surface area contributed by atoms with Gasteiger partial charge in [-0.05, 0) is 44.6 Å². The summed E-state index contributed by atoms with van der Waals surface area (Å²) in [6.07, 6.45) is 14.3. The molecule has 0 bridgehead atoms. The van der Waals surface area contributed by atoms with Gasteiger partial charge in [0.2, 0.25) is 0 Å². The second kappa shape index (κ2) is 5.66. The van der Waals surface area contributed by atoms with Crippen molar-refractivity contribution >= 4 is 0 Å². The lowest BCUT2D eigenvalue weighted by Crippen LogP contribution is -2.49. The molecule has 19 heavy (non-hydrogen) atoms. The highest BCUT2D eigenvalue weighted by Crippen LogP contribution is 2.34. The topological polar surface area (TPSA) is 29.9 Å². The Morgan fingerprint density at radius 1 is 1.26 bits per heavy atom. The molecule has 3 nitrogen and oxygen atoms in total. The van der Waals surface area contributed by atoms with Crippen LogP contribution in [-0.2, 0) is 6.54 Å². The molecule has 0 radical (unpaired) electrons. The lowest BCUT2D eigenvalue weighted by molar-refractivity contribution is 0.174. The molecule has 0 atom stereocenters. The number of nitrogens with zero attached hydrogens (tertiary/aromatic N) is 2. The van der Waals surface area contributed by atoms with Gasteiger partial charge in [-0.15, -0.1) is 0 Å². The number of aromatic nitrogens is 2. The highest BCUT2D eigenvalue weighted by atomic mass is 15.3. The molecule has 3 rings (SSSR count). The van der Waals surface area contributed by atoms with Crippen molar-refractivity contribution in [1.29, 1.82) is 0 Å². The Labute approximate surface area is 116 Å². The Morgan fingerprint density at radius 2 is 2.05 bits per heavy atom. The fourth-order valence-electron chi connectivity index (χ4n) is 3.56. The predicted molar refractivity (Wildman–Crippen MR) is 78.1 cm³/mol. The quantitative estimate of drug-likeness (QED) is 0.873. The fourth-order valence-corrected chi connectivity index (χ4v) is 3.56. The average Bonchev–Trinajstić information content (AvgIpc) is 2.88. The zero-order chi connectivity index (χ0) is 13.1. The number of rotatable bonds is 5. The summed E-state index contributed by atoms with van der Waals surface area (Å²) in [6, 6.07) is 2.86. The highest BCUT2D eigenvalue weighted by molar-refractivity contribution is 5.03. The molecule has 106 valence electrons. The molecule has 2 aliphatic carbocycles. The molecule has 1 aromatic heterocycles. The van der Waals surface area contributed by atoms with Crippen LogP contribution in [0, 0.1) is 0 Å². The summed E-state index contributed by atoms with van der Waals surface area (Å²) >= 11 is 0. The predicted octanol–water partition coefficient (Wildman–Crippen LogP) is 3.81. The molecule has 0 spiro atoms.